The summed E-state index contributed by atoms with van der Waals surface area (Å²) in [6, 6.07) is 18.4. The topological polar surface area (TPSA) is 41.1 Å². The summed E-state index contributed by atoms with van der Waals surface area (Å²) in [5.41, 5.74) is 3.61. The highest BCUT2D eigenvalue weighted by Gasteiger charge is 2.20. The van der Waals surface area contributed by atoms with Gasteiger partial charge in [0.05, 0.1) is 12.6 Å². The maximum Gasteiger partial charge on any atom is 0.239 e. The lowest BCUT2D eigenvalue weighted by molar-refractivity contribution is -0.120. The number of amides is 1. The number of anilines is 1. The van der Waals surface area contributed by atoms with Crippen LogP contribution in [0, 0.1) is 0 Å². The zero-order valence-corrected chi connectivity index (χ0v) is 13.2. The van der Waals surface area contributed by atoms with Crippen LogP contribution in [0.25, 0.3) is 0 Å². The number of rotatable bonds is 4. The number of halogens is 1. The first kappa shape index (κ1) is 16.4. The molecule has 0 heterocycles. The van der Waals surface area contributed by atoms with E-state index in [0.717, 1.165) is 24.9 Å². The summed E-state index contributed by atoms with van der Waals surface area (Å²) in [4.78, 5) is 12.1. The molecule has 2 aromatic carbocycles. The van der Waals surface area contributed by atoms with E-state index in [0.29, 0.717) is 6.54 Å². The molecule has 3 rings (SSSR count). The molecule has 1 aliphatic carbocycles. The van der Waals surface area contributed by atoms with Crippen LogP contribution in [0.1, 0.15) is 30.0 Å². The van der Waals surface area contributed by atoms with Crippen molar-refractivity contribution in [2.75, 3.05) is 11.9 Å². The fourth-order valence-corrected chi connectivity index (χ4v) is 2.89. The van der Waals surface area contributed by atoms with Crippen LogP contribution in [-0.4, -0.2) is 12.5 Å². The lowest BCUT2D eigenvalue weighted by atomic mass is 9.88. The number of para-hydroxylation sites is 1. The summed E-state index contributed by atoms with van der Waals surface area (Å²) in [5, 5.41) is 6.29. The molecule has 0 aliphatic heterocycles. The molecule has 3 nitrogen and oxygen atoms in total. The highest BCUT2D eigenvalue weighted by Crippen LogP contribution is 2.29. The Labute approximate surface area is 137 Å². The SMILES string of the molecule is Cl.O=C(CNc1ccccc1)NC1CCCc2ccccc21. The highest BCUT2D eigenvalue weighted by molar-refractivity contribution is 5.85. The molecule has 2 aromatic rings. The molecule has 4 heteroatoms. The molecule has 0 aromatic heterocycles. The number of hydrogen-bond donors (Lipinski definition) is 2. The maximum absolute atomic E-state index is 12.1. The first-order valence-corrected chi connectivity index (χ1v) is 7.49. The van der Waals surface area contributed by atoms with Gasteiger partial charge in [-0.15, -0.1) is 12.4 Å². The summed E-state index contributed by atoms with van der Waals surface area (Å²) in [7, 11) is 0. The second kappa shape index (κ2) is 7.85. The van der Waals surface area contributed by atoms with Gasteiger partial charge in [0, 0.05) is 5.69 Å². The van der Waals surface area contributed by atoms with Gasteiger partial charge in [0.25, 0.3) is 0 Å². The van der Waals surface area contributed by atoms with Crippen molar-refractivity contribution in [2.24, 2.45) is 0 Å². The van der Waals surface area contributed by atoms with Crippen molar-refractivity contribution in [3.63, 3.8) is 0 Å². The number of aryl methyl sites for hydroxylation is 1. The van der Waals surface area contributed by atoms with Gasteiger partial charge in [0.15, 0.2) is 0 Å². The minimum atomic E-state index is 0. The van der Waals surface area contributed by atoms with E-state index < -0.39 is 0 Å². The third kappa shape index (κ3) is 4.01. The molecule has 0 saturated carbocycles. The molecule has 1 atom stereocenters. The van der Waals surface area contributed by atoms with E-state index in [9.17, 15) is 4.79 Å². The molecule has 116 valence electrons. The fourth-order valence-electron chi connectivity index (χ4n) is 2.89. The second-order valence-corrected chi connectivity index (χ2v) is 5.43. The molecule has 0 radical (unpaired) electrons. The van der Waals surface area contributed by atoms with Crippen molar-refractivity contribution in [1.82, 2.24) is 5.32 Å². The zero-order valence-electron chi connectivity index (χ0n) is 12.4. The van der Waals surface area contributed by atoms with Crippen LogP contribution >= 0.6 is 12.4 Å². The van der Waals surface area contributed by atoms with Crippen molar-refractivity contribution in [2.45, 2.75) is 25.3 Å². The Balaban J connectivity index is 0.00000176. The van der Waals surface area contributed by atoms with Gasteiger partial charge in [0.2, 0.25) is 5.91 Å². The summed E-state index contributed by atoms with van der Waals surface area (Å²) >= 11 is 0. The minimum absolute atomic E-state index is 0. The standard InChI is InChI=1S/C18H20N2O.ClH/c21-18(13-19-15-9-2-1-3-10-15)20-17-12-6-8-14-7-4-5-11-16(14)17;/h1-5,7,9-11,17,19H,6,8,12-13H2,(H,20,21);1H. The summed E-state index contributed by atoms with van der Waals surface area (Å²) in [5.74, 6) is 0.0422. The Morgan fingerprint density at radius 3 is 2.59 bits per heavy atom. The van der Waals surface area contributed by atoms with Gasteiger partial charge < -0.3 is 10.6 Å². The average Bonchev–Trinajstić information content (AvgIpc) is 2.54. The van der Waals surface area contributed by atoms with E-state index in [1.807, 2.05) is 36.4 Å². The second-order valence-electron chi connectivity index (χ2n) is 5.43. The zero-order chi connectivity index (χ0) is 14.5. The third-order valence-electron chi connectivity index (χ3n) is 3.93. The predicted molar refractivity (Wildman–Crippen MR) is 92.4 cm³/mol. The van der Waals surface area contributed by atoms with E-state index in [1.54, 1.807) is 0 Å². The van der Waals surface area contributed by atoms with E-state index in [2.05, 4.69) is 28.8 Å². The number of nitrogens with one attached hydrogen (secondary N) is 2. The maximum atomic E-state index is 12.1. The van der Waals surface area contributed by atoms with Crippen molar-refractivity contribution < 1.29 is 4.79 Å². The molecule has 1 aliphatic rings. The van der Waals surface area contributed by atoms with Crippen LogP contribution in [0.15, 0.2) is 54.6 Å². The van der Waals surface area contributed by atoms with Crippen LogP contribution in [-0.2, 0) is 11.2 Å². The van der Waals surface area contributed by atoms with E-state index in [1.165, 1.54) is 11.1 Å². The molecule has 1 unspecified atom stereocenters. The van der Waals surface area contributed by atoms with Crippen LogP contribution in [0.4, 0.5) is 5.69 Å². The van der Waals surface area contributed by atoms with Gasteiger partial charge in [-0.2, -0.15) is 0 Å². The molecule has 2 N–H and O–H groups in total. The molecule has 0 bridgehead atoms. The quantitative estimate of drug-likeness (QED) is 0.902. The van der Waals surface area contributed by atoms with E-state index in [4.69, 9.17) is 0 Å². The molecular formula is C18H21ClN2O. The Hall–Kier alpha value is -2.00. The number of carbonyl (C=O) groups is 1. The lowest BCUT2D eigenvalue weighted by Gasteiger charge is -2.26. The Kier molecular flexibility index (Phi) is 5.84. The molecule has 1 amide bonds. The molecule has 0 saturated heterocycles. The van der Waals surface area contributed by atoms with Crippen molar-refractivity contribution in [3.8, 4) is 0 Å². The minimum Gasteiger partial charge on any atom is -0.376 e. The molecule has 0 fully saturated rings. The van der Waals surface area contributed by atoms with Gasteiger partial charge in [0.1, 0.15) is 0 Å². The highest BCUT2D eigenvalue weighted by atomic mass is 35.5. The van der Waals surface area contributed by atoms with E-state index >= 15 is 0 Å². The lowest BCUT2D eigenvalue weighted by Crippen LogP contribution is -2.34. The van der Waals surface area contributed by atoms with Crippen LogP contribution < -0.4 is 10.6 Å². The first-order chi connectivity index (χ1) is 10.3. The Bertz CT molecular complexity index is 615. The number of fused-ring (bicyclic) bond motifs is 1. The Morgan fingerprint density at radius 2 is 1.77 bits per heavy atom. The molecule has 0 spiro atoms. The Morgan fingerprint density at radius 1 is 1.05 bits per heavy atom. The van der Waals surface area contributed by atoms with Gasteiger partial charge in [-0.25, -0.2) is 0 Å². The van der Waals surface area contributed by atoms with Crippen molar-refractivity contribution in [3.05, 3.63) is 65.7 Å². The fraction of sp³-hybridized carbons (Fsp3) is 0.278. The normalized spacial score (nSPS) is 16.1. The predicted octanol–water partition coefficient (Wildman–Crippen LogP) is 3.71. The van der Waals surface area contributed by atoms with E-state index in [-0.39, 0.29) is 24.4 Å². The van der Waals surface area contributed by atoms with Gasteiger partial charge >= 0.3 is 0 Å². The smallest absolute Gasteiger partial charge is 0.239 e. The summed E-state index contributed by atoms with van der Waals surface area (Å²) in [6.07, 6.45) is 3.27. The monoisotopic (exact) mass is 316 g/mol. The first-order valence-electron chi connectivity index (χ1n) is 7.49. The van der Waals surface area contributed by atoms with Crippen molar-refractivity contribution >= 4 is 24.0 Å². The van der Waals surface area contributed by atoms with Gasteiger partial charge in [-0.3, -0.25) is 4.79 Å². The number of hydrogen-bond acceptors (Lipinski definition) is 2. The molecule has 22 heavy (non-hydrogen) atoms. The number of carbonyl (C=O) groups excluding carboxylic acids is 1. The number of benzene rings is 2. The summed E-state index contributed by atoms with van der Waals surface area (Å²) < 4.78 is 0. The van der Waals surface area contributed by atoms with Crippen LogP contribution in [0.5, 0.6) is 0 Å². The average molecular weight is 317 g/mol. The van der Waals surface area contributed by atoms with Crippen molar-refractivity contribution in [1.29, 1.82) is 0 Å². The van der Waals surface area contributed by atoms with Crippen LogP contribution in [0.2, 0.25) is 0 Å². The third-order valence-corrected chi connectivity index (χ3v) is 3.93. The van der Waals surface area contributed by atoms with Gasteiger partial charge in [-0.05, 0) is 42.5 Å². The van der Waals surface area contributed by atoms with Crippen LogP contribution in [0.3, 0.4) is 0 Å². The molecular weight excluding hydrogens is 296 g/mol. The largest absolute Gasteiger partial charge is 0.376 e. The van der Waals surface area contributed by atoms with Gasteiger partial charge in [-0.1, -0.05) is 42.5 Å². The summed E-state index contributed by atoms with van der Waals surface area (Å²) in [6.45, 7) is 0.308.